The van der Waals surface area contributed by atoms with Gasteiger partial charge in [-0.25, -0.2) is 0 Å². The van der Waals surface area contributed by atoms with Crippen molar-refractivity contribution in [3.05, 3.63) is 47.5 Å². The third kappa shape index (κ3) is 1.79. The van der Waals surface area contributed by atoms with Gasteiger partial charge in [0.2, 0.25) is 0 Å². The molecule has 78 valence electrons. The van der Waals surface area contributed by atoms with Crippen LogP contribution in [0.15, 0.2) is 41.6 Å². The number of hydrogen-bond acceptors (Lipinski definition) is 2. The summed E-state index contributed by atoms with van der Waals surface area (Å²) in [7, 11) is 5.66. The Morgan fingerprint density at radius 2 is 1.88 bits per heavy atom. The Kier molecular flexibility index (Phi) is 3.16. The van der Waals surface area contributed by atoms with Gasteiger partial charge in [-0.3, -0.25) is 0 Å². The fraction of sp³-hybridized carbons (Fsp3) is 0.0833. The molecule has 0 saturated heterocycles. The van der Waals surface area contributed by atoms with E-state index in [1.54, 1.807) is 0 Å². The fourth-order valence-corrected chi connectivity index (χ4v) is 1.94. The molecule has 0 heterocycles. The second kappa shape index (κ2) is 4.58. The zero-order chi connectivity index (χ0) is 11.5. The molecule has 0 aliphatic rings. The standard InChI is InChI=1S/C12H9BClNO/c13-7-8-5-6-11(12(14)15-16)10-4-2-1-3-9(8)10/h1-6,16H,7H2/b15-12-. The molecule has 16 heavy (non-hydrogen) atoms. The fourth-order valence-electron chi connectivity index (χ4n) is 1.77. The Bertz CT molecular complexity index is 554. The summed E-state index contributed by atoms with van der Waals surface area (Å²) in [5.74, 6) is 0. The van der Waals surface area contributed by atoms with Crippen LogP contribution in [0.25, 0.3) is 10.8 Å². The first-order chi connectivity index (χ1) is 7.77. The van der Waals surface area contributed by atoms with Crippen LogP contribution in [0, 0.1) is 0 Å². The third-order valence-electron chi connectivity index (χ3n) is 2.54. The highest BCUT2D eigenvalue weighted by Crippen LogP contribution is 2.24. The molecule has 0 amide bonds. The molecule has 0 aromatic heterocycles. The molecule has 2 aromatic rings. The van der Waals surface area contributed by atoms with Crippen LogP contribution in [0.3, 0.4) is 0 Å². The van der Waals surface area contributed by atoms with Crippen molar-refractivity contribution in [2.75, 3.05) is 0 Å². The SMILES string of the molecule is [B]Cc1ccc(/C(Cl)=N/O)c2ccccc12. The maximum absolute atomic E-state index is 8.71. The van der Waals surface area contributed by atoms with Crippen molar-refractivity contribution in [2.24, 2.45) is 5.16 Å². The number of hydrogen-bond donors (Lipinski definition) is 1. The van der Waals surface area contributed by atoms with Gasteiger partial charge in [0.05, 0.1) is 7.85 Å². The zero-order valence-corrected chi connectivity index (χ0v) is 9.28. The molecule has 0 fully saturated rings. The van der Waals surface area contributed by atoms with E-state index >= 15 is 0 Å². The highest BCUT2D eigenvalue weighted by Gasteiger charge is 2.08. The molecule has 2 rings (SSSR count). The minimum Gasteiger partial charge on any atom is -0.410 e. The average molecular weight is 229 g/mol. The second-order valence-corrected chi connectivity index (χ2v) is 3.77. The van der Waals surface area contributed by atoms with Crippen molar-refractivity contribution in [1.29, 1.82) is 0 Å². The summed E-state index contributed by atoms with van der Waals surface area (Å²) in [5, 5.41) is 13.8. The summed E-state index contributed by atoms with van der Waals surface area (Å²) >= 11 is 5.83. The number of fused-ring (bicyclic) bond motifs is 1. The lowest BCUT2D eigenvalue weighted by molar-refractivity contribution is 0.321. The van der Waals surface area contributed by atoms with Crippen molar-refractivity contribution < 1.29 is 5.21 Å². The molecule has 2 radical (unpaired) electrons. The lowest BCUT2D eigenvalue weighted by Gasteiger charge is -2.08. The first-order valence-corrected chi connectivity index (χ1v) is 5.24. The van der Waals surface area contributed by atoms with Gasteiger partial charge in [-0.15, -0.1) is 0 Å². The van der Waals surface area contributed by atoms with E-state index in [4.69, 9.17) is 24.7 Å². The normalized spacial score (nSPS) is 11.9. The number of halogens is 1. The lowest BCUT2D eigenvalue weighted by atomic mass is 9.91. The summed E-state index contributed by atoms with van der Waals surface area (Å²) in [6, 6.07) is 11.5. The predicted molar refractivity (Wildman–Crippen MR) is 67.6 cm³/mol. The number of oxime groups is 1. The molecule has 2 nitrogen and oxygen atoms in total. The third-order valence-corrected chi connectivity index (χ3v) is 2.82. The van der Waals surface area contributed by atoms with Crippen molar-refractivity contribution in [3.8, 4) is 0 Å². The van der Waals surface area contributed by atoms with E-state index in [0.717, 1.165) is 16.3 Å². The van der Waals surface area contributed by atoms with Crippen molar-refractivity contribution in [1.82, 2.24) is 0 Å². The summed E-state index contributed by atoms with van der Waals surface area (Å²) < 4.78 is 0. The molecule has 4 heteroatoms. The molecule has 2 aromatic carbocycles. The quantitative estimate of drug-likeness (QED) is 0.365. The van der Waals surface area contributed by atoms with E-state index in [2.05, 4.69) is 5.16 Å². The smallest absolute Gasteiger partial charge is 0.175 e. The molecule has 0 saturated carbocycles. The zero-order valence-electron chi connectivity index (χ0n) is 8.52. The van der Waals surface area contributed by atoms with Crippen LogP contribution in [0.4, 0.5) is 0 Å². The average Bonchev–Trinajstić information content (AvgIpc) is 2.36. The summed E-state index contributed by atoms with van der Waals surface area (Å²) in [5.41, 5.74) is 1.75. The predicted octanol–water partition coefficient (Wildman–Crippen LogP) is 2.88. The Morgan fingerprint density at radius 1 is 1.19 bits per heavy atom. The minimum absolute atomic E-state index is 0.0831. The van der Waals surface area contributed by atoms with Gasteiger partial charge in [0.25, 0.3) is 0 Å². The molecule has 0 aliphatic heterocycles. The van der Waals surface area contributed by atoms with E-state index in [1.165, 1.54) is 0 Å². The maximum Gasteiger partial charge on any atom is 0.175 e. The highest BCUT2D eigenvalue weighted by molar-refractivity contribution is 6.70. The molecule has 0 unspecified atom stereocenters. The highest BCUT2D eigenvalue weighted by atomic mass is 35.5. The van der Waals surface area contributed by atoms with Gasteiger partial charge >= 0.3 is 0 Å². The van der Waals surface area contributed by atoms with Crippen molar-refractivity contribution >= 4 is 35.4 Å². The molecule has 0 atom stereocenters. The van der Waals surface area contributed by atoms with Crippen molar-refractivity contribution in [3.63, 3.8) is 0 Å². The monoisotopic (exact) mass is 229 g/mol. The largest absolute Gasteiger partial charge is 0.410 e. The van der Waals surface area contributed by atoms with Gasteiger partial charge in [0.15, 0.2) is 5.17 Å². The van der Waals surface area contributed by atoms with E-state index in [1.807, 2.05) is 36.4 Å². The number of benzene rings is 2. The first-order valence-electron chi connectivity index (χ1n) is 4.86. The Balaban J connectivity index is 2.79. The van der Waals surface area contributed by atoms with Crippen LogP contribution < -0.4 is 0 Å². The van der Waals surface area contributed by atoms with Gasteiger partial charge < -0.3 is 5.21 Å². The van der Waals surface area contributed by atoms with Crippen LogP contribution in [-0.2, 0) is 6.32 Å². The molecule has 0 aliphatic carbocycles. The molecule has 0 spiro atoms. The molecule has 0 bridgehead atoms. The van der Waals surface area contributed by atoms with Gasteiger partial charge in [0.1, 0.15) is 0 Å². The Labute approximate surface area is 99.9 Å². The maximum atomic E-state index is 8.71. The summed E-state index contributed by atoms with van der Waals surface area (Å²) in [4.78, 5) is 0. The number of rotatable bonds is 2. The molecular weight excluding hydrogens is 220 g/mol. The van der Waals surface area contributed by atoms with E-state index in [0.29, 0.717) is 11.9 Å². The van der Waals surface area contributed by atoms with Gasteiger partial charge in [-0.05, 0) is 16.3 Å². The van der Waals surface area contributed by atoms with Gasteiger partial charge in [-0.2, -0.15) is 0 Å². The molecule has 1 N–H and O–H groups in total. The van der Waals surface area contributed by atoms with E-state index in [-0.39, 0.29) is 5.17 Å². The Hall–Kier alpha value is -1.48. The van der Waals surface area contributed by atoms with Crippen LogP contribution in [0.2, 0.25) is 0 Å². The summed E-state index contributed by atoms with van der Waals surface area (Å²) in [6.45, 7) is 0. The van der Waals surface area contributed by atoms with E-state index in [9.17, 15) is 0 Å². The van der Waals surface area contributed by atoms with Crippen LogP contribution in [-0.4, -0.2) is 18.2 Å². The molecular formula is C12H9BClNO. The Morgan fingerprint density at radius 3 is 2.50 bits per heavy atom. The summed E-state index contributed by atoms with van der Waals surface area (Å²) in [6.07, 6.45) is 0.467. The van der Waals surface area contributed by atoms with Gasteiger partial charge in [0, 0.05) is 5.56 Å². The van der Waals surface area contributed by atoms with Crippen LogP contribution in [0.1, 0.15) is 11.1 Å². The van der Waals surface area contributed by atoms with Gasteiger partial charge in [-0.1, -0.05) is 59.5 Å². The minimum atomic E-state index is 0.0831. The van der Waals surface area contributed by atoms with Crippen LogP contribution in [0.5, 0.6) is 0 Å². The number of nitrogens with zero attached hydrogens (tertiary/aromatic N) is 1. The van der Waals surface area contributed by atoms with Crippen LogP contribution >= 0.6 is 11.6 Å². The topological polar surface area (TPSA) is 32.6 Å². The van der Waals surface area contributed by atoms with Crippen molar-refractivity contribution in [2.45, 2.75) is 6.32 Å². The van der Waals surface area contributed by atoms with E-state index < -0.39 is 0 Å². The lowest BCUT2D eigenvalue weighted by Crippen LogP contribution is -1.96. The first kappa shape index (κ1) is 11.0. The second-order valence-electron chi connectivity index (χ2n) is 3.41.